The Morgan fingerprint density at radius 3 is 2.74 bits per heavy atom. The van der Waals surface area contributed by atoms with Crippen molar-refractivity contribution in [3.8, 4) is 10.6 Å². The quantitative estimate of drug-likeness (QED) is 0.916. The minimum atomic E-state index is -0.701. The molecule has 122 valence electrons. The van der Waals surface area contributed by atoms with Gasteiger partial charge in [-0.15, -0.1) is 11.3 Å². The van der Waals surface area contributed by atoms with Crippen molar-refractivity contribution in [1.82, 2.24) is 9.88 Å². The zero-order valence-corrected chi connectivity index (χ0v) is 13.3. The highest BCUT2D eigenvalue weighted by atomic mass is 32.1. The summed E-state index contributed by atoms with van der Waals surface area (Å²) >= 11 is 1.04. The third-order valence-electron chi connectivity index (χ3n) is 4.01. The van der Waals surface area contributed by atoms with Crippen molar-refractivity contribution in [1.29, 1.82) is 0 Å². The van der Waals surface area contributed by atoms with Crippen LogP contribution < -0.4 is 0 Å². The highest BCUT2D eigenvalue weighted by Gasteiger charge is 2.30. The Bertz CT molecular complexity index is 714. The van der Waals surface area contributed by atoms with Crippen LogP contribution in [-0.4, -0.2) is 39.6 Å². The van der Waals surface area contributed by atoms with Gasteiger partial charge in [0.15, 0.2) is 0 Å². The molecule has 0 unspecified atom stereocenters. The fourth-order valence-corrected chi connectivity index (χ4v) is 3.63. The van der Waals surface area contributed by atoms with Crippen molar-refractivity contribution < 1.29 is 18.7 Å². The van der Waals surface area contributed by atoms with Crippen molar-refractivity contribution >= 4 is 17.2 Å². The van der Waals surface area contributed by atoms with Crippen LogP contribution in [0.3, 0.4) is 0 Å². The molecule has 4 nitrogen and oxygen atoms in total. The number of hydrogen-bond donors (Lipinski definition) is 1. The minimum absolute atomic E-state index is 0.0957. The van der Waals surface area contributed by atoms with Gasteiger partial charge in [0.1, 0.15) is 22.3 Å². The lowest BCUT2D eigenvalue weighted by molar-refractivity contribution is 0.0361. The first kappa shape index (κ1) is 16.0. The summed E-state index contributed by atoms with van der Waals surface area (Å²) < 4.78 is 27.6. The van der Waals surface area contributed by atoms with Gasteiger partial charge >= 0.3 is 0 Å². The summed E-state index contributed by atoms with van der Waals surface area (Å²) in [6.07, 6.45) is 0.646. The predicted octanol–water partition coefficient (Wildman–Crippen LogP) is 3.07. The zero-order chi connectivity index (χ0) is 16.6. The van der Waals surface area contributed by atoms with Gasteiger partial charge in [0.2, 0.25) is 0 Å². The van der Waals surface area contributed by atoms with Gasteiger partial charge in [-0.1, -0.05) is 6.07 Å². The first-order chi connectivity index (χ1) is 11.0. The van der Waals surface area contributed by atoms with Crippen molar-refractivity contribution in [2.75, 3.05) is 6.54 Å². The maximum Gasteiger partial charge on any atom is 0.273 e. The number of amides is 1. The Balaban J connectivity index is 1.86. The SMILES string of the molecule is C[C@@H]1C[C@H](O)CCN1C(=O)c1csc(-c2c(F)cccc2F)n1. The van der Waals surface area contributed by atoms with Crippen LogP contribution in [0, 0.1) is 11.6 Å². The highest BCUT2D eigenvalue weighted by Crippen LogP contribution is 2.30. The molecule has 3 rings (SSSR count). The number of rotatable bonds is 2. The van der Waals surface area contributed by atoms with Gasteiger partial charge in [0, 0.05) is 18.0 Å². The summed E-state index contributed by atoms with van der Waals surface area (Å²) in [7, 11) is 0. The minimum Gasteiger partial charge on any atom is -0.393 e. The Hall–Kier alpha value is -1.86. The molecule has 1 saturated heterocycles. The lowest BCUT2D eigenvalue weighted by Crippen LogP contribution is -2.46. The van der Waals surface area contributed by atoms with Gasteiger partial charge in [0.25, 0.3) is 5.91 Å². The molecule has 1 aliphatic rings. The number of likely N-dealkylation sites (tertiary alicyclic amines) is 1. The summed E-state index contributed by atoms with van der Waals surface area (Å²) in [5, 5.41) is 11.3. The average molecular weight is 338 g/mol. The monoisotopic (exact) mass is 338 g/mol. The molecule has 1 aliphatic heterocycles. The van der Waals surface area contributed by atoms with E-state index in [1.54, 1.807) is 4.90 Å². The normalized spacial score (nSPS) is 21.5. The molecular formula is C16H16F2N2O2S. The van der Waals surface area contributed by atoms with E-state index < -0.39 is 17.7 Å². The lowest BCUT2D eigenvalue weighted by atomic mass is 10.0. The predicted molar refractivity (Wildman–Crippen MR) is 83.2 cm³/mol. The molecule has 23 heavy (non-hydrogen) atoms. The molecule has 0 bridgehead atoms. The molecule has 0 radical (unpaired) electrons. The molecule has 2 heterocycles. The van der Waals surface area contributed by atoms with Crippen LogP contribution in [0.15, 0.2) is 23.6 Å². The van der Waals surface area contributed by atoms with Gasteiger partial charge in [-0.2, -0.15) is 0 Å². The highest BCUT2D eigenvalue weighted by molar-refractivity contribution is 7.13. The summed E-state index contributed by atoms with van der Waals surface area (Å²) in [6.45, 7) is 2.31. The van der Waals surface area contributed by atoms with Crippen LogP contribution in [0.1, 0.15) is 30.3 Å². The summed E-state index contributed by atoms with van der Waals surface area (Å²) in [4.78, 5) is 18.3. The number of benzene rings is 1. The fourth-order valence-electron chi connectivity index (χ4n) is 2.79. The number of hydrogen-bond acceptors (Lipinski definition) is 4. The largest absolute Gasteiger partial charge is 0.393 e. The molecule has 1 amide bonds. The van der Waals surface area contributed by atoms with Crippen molar-refractivity contribution in [3.63, 3.8) is 0 Å². The second kappa shape index (κ2) is 6.33. The van der Waals surface area contributed by atoms with E-state index >= 15 is 0 Å². The van der Waals surface area contributed by atoms with Crippen molar-refractivity contribution in [3.05, 3.63) is 40.9 Å². The van der Waals surface area contributed by atoms with Crippen LogP contribution in [0.4, 0.5) is 8.78 Å². The molecule has 1 aromatic carbocycles. The Morgan fingerprint density at radius 2 is 2.09 bits per heavy atom. The number of thiazole rings is 1. The Morgan fingerprint density at radius 1 is 1.39 bits per heavy atom. The molecule has 2 aromatic rings. The van der Waals surface area contributed by atoms with Crippen LogP contribution in [0.5, 0.6) is 0 Å². The van der Waals surface area contributed by atoms with E-state index in [-0.39, 0.29) is 28.2 Å². The summed E-state index contributed by atoms with van der Waals surface area (Å²) in [5.41, 5.74) is -0.0328. The standard InChI is InChI=1S/C16H16F2N2O2S/c1-9-7-10(21)5-6-20(9)16(22)13-8-23-15(19-13)14-11(17)3-2-4-12(14)18/h2-4,8-10,21H,5-7H2,1H3/t9-,10-/m1/s1. The Kier molecular flexibility index (Phi) is 4.41. The van der Waals surface area contributed by atoms with Gasteiger partial charge in [0.05, 0.1) is 11.7 Å². The van der Waals surface area contributed by atoms with Crippen molar-refractivity contribution in [2.24, 2.45) is 0 Å². The summed E-state index contributed by atoms with van der Waals surface area (Å²) in [6, 6.07) is 3.51. The zero-order valence-electron chi connectivity index (χ0n) is 12.5. The Labute approximate surface area is 136 Å². The number of aliphatic hydroxyl groups is 1. The number of aromatic nitrogens is 1. The number of nitrogens with zero attached hydrogens (tertiary/aromatic N) is 2. The lowest BCUT2D eigenvalue weighted by Gasteiger charge is -2.35. The molecule has 2 atom stereocenters. The number of halogens is 2. The maximum absolute atomic E-state index is 13.8. The van der Waals surface area contributed by atoms with E-state index in [1.807, 2.05) is 6.92 Å². The number of piperidine rings is 1. The van der Waals surface area contributed by atoms with Gasteiger partial charge in [-0.05, 0) is 31.9 Å². The fraction of sp³-hybridized carbons (Fsp3) is 0.375. The van der Waals surface area contributed by atoms with Crippen molar-refractivity contribution in [2.45, 2.75) is 31.9 Å². The van der Waals surface area contributed by atoms with Crippen LogP contribution in [0.2, 0.25) is 0 Å². The first-order valence-electron chi connectivity index (χ1n) is 7.36. The third kappa shape index (κ3) is 3.11. The van der Waals surface area contributed by atoms with E-state index in [2.05, 4.69) is 4.98 Å². The second-order valence-electron chi connectivity index (χ2n) is 5.66. The molecule has 0 spiro atoms. The molecule has 1 N–H and O–H groups in total. The van der Waals surface area contributed by atoms with Gasteiger partial charge in [-0.25, -0.2) is 13.8 Å². The number of carbonyl (C=O) groups is 1. The van der Waals surface area contributed by atoms with Crippen LogP contribution in [0.25, 0.3) is 10.6 Å². The molecule has 0 saturated carbocycles. The third-order valence-corrected chi connectivity index (χ3v) is 4.87. The molecule has 1 fully saturated rings. The van der Waals surface area contributed by atoms with Gasteiger partial charge in [-0.3, -0.25) is 4.79 Å². The smallest absolute Gasteiger partial charge is 0.273 e. The molecular weight excluding hydrogens is 322 g/mol. The number of aliphatic hydroxyl groups excluding tert-OH is 1. The van der Waals surface area contributed by atoms with E-state index in [9.17, 15) is 18.7 Å². The number of carbonyl (C=O) groups excluding carboxylic acids is 1. The maximum atomic E-state index is 13.8. The van der Waals surface area contributed by atoms with E-state index in [4.69, 9.17) is 0 Å². The van der Waals surface area contributed by atoms with Gasteiger partial charge < -0.3 is 10.0 Å². The van der Waals surface area contributed by atoms with E-state index in [0.29, 0.717) is 19.4 Å². The van der Waals surface area contributed by atoms with E-state index in [0.717, 1.165) is 23.5 Å². The average Bonchev–Trinajstić information content (AvgIpc) is 2.96. The van der Waals surface area contributed by atoms with Crippen LogP contribution in [-0.2, 0) is 0 Å². The first-order valence-corrected chi connectivity index (χ1v) is 8.24. The molecule has 7 heteroatoms. The second-order valence-corrected chi connectivity index (χ2v) is 6.52. The topological polar surface area (TPSA) is 53.4 Å². The molecule has 1 aromatic heterocycles. The summed E-state index contributed by atoms with van der Waals surface area (Å²) in [5.74, 6) is -1.68. The van der Waals surface area contributed by atoms with E-state index in [1.165, 1.54) is 11.4 Å². The van der Waals surface area contributed by atoms with Crippen LogP contribution >= 0.6 is 11.3 Å². The molecule has 0 aliphatic carbocycles.